The van der Waals surface area contributed by atoms with Crippen molar-refractivity contribution >= 4 is 17.3 Å². The number of carbonyl (C=O) groups is 1. The lowest BCUT2D eigenvalue weighted by Gasteiger charge is -2.35. The highest BCUT2D eigenvalue weighted by Crippen LogP contribution is 2.36. The van der Waals surface area contributed by atoms with Crippen LogP contribution < -0.4 is 15.8 Å². The number of likely N-dealkylation sites (N-methyl/N-ethyl adjacent to an activating group) is 1. The molecule has 218 valence electrons. The Morgan fingerprint density at radius 2 is 1.83 bits per heavy atom. The highest BCUT2D eigenvalue weighted by molar-refractivity contribution is 6.07. The number of piperazine rings is 1. The first-order valence-corrected chi connectivity index (χ1v) is 13.4. The number of aliphatic hydroxyl groups is 1. The molecule has 8 nitrogen and oxygen atoms in total. The van der Waals surface area contributed by atoms with Gasteiger partial charge in [0.15, 0.2) is 0 Å². The molecule has 0 saturated carbocycles. The quantitative estimate of drug-likeness (QED) is 0.389. The van der Waals surface area contributed by atoms with Gasteiger partial charge in [0, 0.05) is 63.6 Å². The molecule has 41 heavy (non-hydrogen) atoms. The number of aromatic amines is 1. The summed E-state index contributed by atoms with van der Waals surface area (Å²) in [6, 6.07) is 10.1. The van der Waals surface area contributed by atoms with Crippen molar-refractivity contribution in [1.29, 1.82) is 0 Å². The molecule has 0 radical (unpaired) electrons. The first kappa shape index (κ1) is 28.8. The van der Waals surface area contributed by atoms with Gasteiger partial charge in [0.1, 0.15) is 5.82 Å². The largest absolute Gasteiger partial charge is 0.417 e. The van der Waals surface area contributed by atoms with Crippen molar-refractivity contribution in [3.05, 3.63) is 81.5 Å². The fourth-order valence-electron chi connectivity index (χ4n) is 5.32. The van der Waals surface area contributed by atoms with Crippen molar-refractivity contribution in [3.8, 4) is 11.1 Å². The van der Waals surface area contributed by atoms with E-state index in [0.717, 1.165) is 31.4 Å². The van der Waals surface area contributed by atoms with Gasteiger partial charge in [-0.05, 0) is 48.9 Å². The van der Waals surface area contributed by atoms with Gasteiger partial charge in [-0.1, -0.05) is 12.1 Å². The monoisotopic (exact) mass is 573 g/mol. The third-order valence-corrected chi connectivity index (χ3v) is 7.56. The number of aliphatic hydroxyl groups excluding tert-OH is 1. The molecule has 0 aliphatic carbocycles. The van der Waals surface area contributed by atoms with Crippen LogP contribution in [0, 0.1) is 5.82 Å². The number of hydrogen-bond acceptors (Lipinski definition) is 6. The Bertz CT molecular complexity index is 1480. The van der Waals surface area contributed by atoms with Crippen molar-refractivity contribution in [3.63, 3.8) is 0 Å². The first-order valence-electron chi connectivity index (χ1n) is 13.4. The summed E-state index contributed by atoms with van der Waals surface area (Å²) in [5.74, 6) is -1.54. The summed E-state index contributed by atoms with van der Waals surface area (Å²) in [6.45, 7) is 4.53. The molecule has 2 aliphatic heterocycles. The van der Waals surface area contributed by atoms with Crippen LogP contribution in [0.2, 0.25) is 0 Å². The summed E-state index contributed by atoms with van der Waals surface area (Å²) in [7, 11) is 1.98. The summed E-state index contributed by atoms with van der Waals surface area (Å²) in [5, 5.41) is 12.4. The Kier molecular flexibility index (Phi) is 8.16. The van der Waals surface area contributed by atoms with E-state index >= 15 is 4.39 Å². The molecule has 1 amide bonds. The minimum atomic E-state index is -4.92. The second kappa shape index (κ2) is 11.6. The second-order valence-electron chi connectivity index (χ2n) is 10.6. The summed E-state index contributed by atoms with van der Waals surface area (Å²) < 4.78 is 56.1. The highest BCUT2D eigenvalue weighted by atomic mass is 19.4. The molecule has 1 aromatic heterocycles. The number of H-pyrrole nitrogens is 1. The molecule has 1 atom stereocenters. The van der Waals surface area contributed by atoms with Crippen LogP contribution in [0.4, 0.5) is 28.9 Å². The zero-order valence-corrected chi connectivity index (χ0v) is 22.5. The number of amides is 1. The van der Waals surface area contributed by atoms with Gasteiger partial charge in [-0.2, -0.15) is 13.2 Å². The second-order valence-corrected chi connectivity index (χ2v) is 10.6. The molecule has 3 heterocycles. The van der Waals surface area contributed by atoms with Gasteiger partial charge >= 0.3 is 6.18 Å². The normalized spacial score (nSPS) is 18.6. The van der Waals surface area contributed by atoms with E-state index in [9.17, 15) is 27.9 Å². The number of nitrogens with one attached hydrogen (secondary N) is 2. The number of benzene rings is 2. The van der Waals surface area contributed by atoms with Crippen LogP contribution in [-0.4, -0.2) is 78.2 Å². The summed E-state index contributed by atoms with van der Waals surface area (Å²) >= 11 is 0. The van der Waals surface area contributed by atoms with Gasteiger partial charge in [-0.15, -0.1) is 0 Å². The number of anilines is 2. The lowest BCUT2D eigenvalue weighted by Crippen LogP contribution is -2.44. The number of nitrogens with zero attached hydrogens (tertiary/aromatic N) is 3. The third-order valence-electron chi connectivity index (χ3n) is 7.56. The standard InChI is InChI=1S/C29H31F4N5O3/c1-36-8-10-38(11-9-36)26-5-3-19(21-12-18(2-4-24(21)30)16-37-7-6-20(39)17-37)13-25(26)35-28(41)22-15-34-27(40)14-23(22)29(31,32)33/h2-5,12-15,20,39H,6-11,16-17H2,1H3,(H,34,40)(H,35,41). The summed E-state index contributed by atoms with van der Waals surface area (Å²) in [6.07, 6.45) is -3.88. The van der Waals surface area contributed by atoms with Crippen LogP contribution in [0.15, 0.2) is 53.5 Å². The summed E-state index contributed by atoms with van der Waals surface area (Å²) in [5.41, 5.74) is -0.673. The molecule has 1 unspecified atom stereocenters. The van der Waals surface area contributed by atoms with E-state index in [1.165, 1.54) is 6.07 Å². The third kappa shape index (κ3) is 6.61. The molecule has 2 fully saturated rings. The topological polar surface area (TPSA) is 91.9 Å². The molecule has 12 heteroatoms. The van der Waals surface area contributed by atoms with Crippen molar-refractivity contribution in [2.45, 2.75) is 25.2 Å². The molecule has 2 aromatic carbocycles. The van der Waals surface area contributed by atoms with Gasteiger partial charge in [0.25, 0.3) is 5.91 Å². The molecule has 0 bridgehead atoms. The van der Waals surface area contributed by atoms with E-state index in [0.29, 0.717) is 49.9 Å². The predicted octanol–water partition coefficient (Wildman–Crippen LogP) is 3.77. The Morgan fingerprint density at radius 1 is 1.07 bits per heavy atom. The maximum absolute atomic E-state index is 15.1. The number of β-amino-alcohol motifs (C(OH)–C–C–N with tert-alkyl or cyclic N) is 1. The van der Waals surface area contributed by atoms with Crippen LogP contribution >= 0.6 is 0 Å². The van der Waals surface area contributed by atoms with Gasteiger partial charge in [0.05, 0.1) is 28.6 Å². The number of pyridine rings is 1. The number of rotatable bonds is 6. The molecule has 0 spiro atoms. The average molecular weight is 574 g/mol. The lowest BCUT2D eigenvalue weighted by atomic mass is 10.00. The smallest absolute Gasteiger partial charge is 0.392 e. The Labute approximate surface area is 234 Å². The van der Waals surface area contributed by atoms with Crippen LogP contribution in [0.25, 0.3) is 11.1 Å². The molecule has 3 aromatic rings. The molecular formula is C29H31F4N5O3. The zero-order valence-electron chi connectivity index (χ0n) is 22.5. The number of carbonyl (C=O) groups excluding carboxylic acids is 1. The fourth-order valence-corrected chi connectivity index (χ4v) is 5.32. The fraction of sp³-hybridized carbons (Fsp3) is 0.379. The van der Waals surface area contributed by atoms with E-state index in [4.69, 9.17) is 0 Å². The number of halogens is 4. The molecule has 3 N–H and O–H groups in total. The molecule has 2 aliphatic rings. The number of alkyl halides is 3. The van der Waals surface area contributed by atoms with Crippen molar-refractivity contribution < 1.29 is 27.5 Å². The van der Waals surface area contributed by atoms with E-state index in [1.807, 2.05) is 11.9 Å². The Morgan fingerprint density at radius 3 is 2.51 bits per heavy atom. The molecule has 2 saturated heterocycles. The average Bonchev–Trinajstić information content (AvgIpc) is 3.34. The first-order chi connectivity index (χ1) is 19.5. The Balaban J connectivity index is 1.51. The van der Waals surface area contributed by atoms with Gasteiger partial charge in [-0.3, -0.25) is 14.5 Å². The maximum atomic E-state index is 15.1. The minimum Gasteiger partial charge on any atom is -0.392 e. The lowest BCUT2D eigenvalue weighted by molar-refractivity contribution is -0.138. The Hall–Kier alpha value is -3.74. The maximum Gasteiger partial charge on any atom is 0.417 e. The number of likely N-dealkylation sites (tertiary alicyclic amines) is 1. The van der Waals surface area contributed by atoms with Crippen molar-refractivity contribution in [1.82, 2.24) is 14.8 Å². The van der Waals surface area contributed by atoms with Crippen LogP contribution in [0.5, 0.6) is 0 Å². The van der Waals surface area contributed by atoms with Gasteiger partial charge < -0.3 is 25.2 Å². The van der Waals surface area contributed by atoms with Crippen LogP contribution in [-0.2, 0) is 12.7 Å². The number of aromatic nitrogens is 1. The van der Waals surface area contributed by atoms with Gasteiger partial charge in [-0.25, -0.2) is 4.39 Å². The zero-order chi connectivity index (χ0) is 29.3. The van der Waals surface area contributed by atoms with E-state index in [-0.39, 0.29) is 17.4 Å². The minimum absolute atomic E-state index is 0.226. The highest BCUT2D eigenvalue weighted by Gasteiger charge is 2.36. The van der Waals surface area contributed by atoms with Crippen molar-refractivity contribution in [2.24, 2.45) is 0 Å². The van der Waals surface area contributed by atoms with Crippen LogP contribution in [0.1, 0.15) is 27.9 Å². The van der Waals surface area contributed by atoms with Gasteiger partial charge in [0.2, 0.25) is 5.56 Å². The van der Waals surface area contributed by atoms with Crippen molar-refractivity contribution in [2.75, 3.05) is 56.5 Å². The van der Waals surface area contributed by atoms with Crippen LogP contribution in [0.3, 0.4) is 0 Å². The van der Waals surface area contributed by atoms with E-state index in [1.54, 1.807) is 30.3 Å². The SMILES string of the molecule is CN1CCN(c2ccc(-c3cc(CN4CCC(O)C4)ccc3F)cc2NC(=O)c2c[nH]c(=O)cc2C(F)(F)F)CC1. The summed E-state index contributed by atoms with van der Waals surface area (Å²) in [4.78, 5) is 33.2. The molecular weight excluding hydrogens is 542 g/mol. The predicted molar refractivity (Wildman–Crippen MR) is 147 cm³/mol. The van der Waals surface area contributed by atoms with E-state index < -0.39 is 34.6 Å². The molecule has 5 rings (SSSR count). The number of hydrogen-bond donors (Lipinski definition) is 3. The van der Waals surface area contributed by atoms with E-state index in [2.05, 4.69) is 20.1 Å².